The zero-order valence-corrected chi connectivity index (χ0v) is 16.8. The number of likely N-dealkylation sites (tertiary alicyclic amines) is 1. The fourth-order valence-corrected chi connectivity index (χ4v) is 3.76. The Labute approximate surface area is 158 Å². The summed E-state index contributed by atoms with van der Waals surface area (Å²) < 4.78 is 22.4. The number of piperidine rings is 1. The molecule has 2 N–H and O–H groups in total. The number of benzene rings is 1. The van der Waals surface area contributed by atoms with Gasteiger partial charge in [-0.2, -0.15) is 0 Å². The summed E-state index contributed by atoms with van der Waals surface area (Å²) in [6.45, 7) is 6.50. The molecule has 1 aliphatic heterocycles. The van der Waals surface area contributed by atoms with E-state index in [9.17, 15) is 8.42 Å². The van der Waals surface area contributed by atoms with E-state index in [1.165, 1.54) is 11.8 Å². The first-order valence-corrected chi connectivity index (χ1v) is 11.5. The third-order valence-electron chi connectivity index (χ3n) is 4.46. The molecule has 1 saturated heterocycles. The van der Waals surface area contributed by atoms with Gasteiger partial charge in [-0.15, -0.1) is 0 Å². The van der Waals surface area contributed by atoms with Crippen LogP contribution in [0.15, 0.2) is 35.3 Å². The van der Waals surface area contributed by atoms with Crippen LogP contribution in [-0.4, -0.2) is 63.5 Å². The molecule has 0 bridgehead atoms. The normalized spacial score (nSPS) is 17.2. The first-order valence-electron chi connectivity index (χ1n) is 9.45. The summed E-state index contributed by atoms with van der Waals surface area (Å²) in [6, 6.07) is 11.0. The van der Waals surface area contributed by atoms with Crippen LogP contribution in [0.3, 0.4) is 0 Å². The van der Waals surface area contributed by atoms with Crippen LogP contribution in [0.5, 0.6) is 0 Å². The summed E-state index contributed by atoms with van der Waals surface area (Å²) in [7, 11) is -2.91. The molecular formula is C19H32N4O2S. The molecule has 1 aromatic carbocycles. The van der Waals surface area contributed by atoms with E-state index >= 15 is 0 Å². The molecule has 146 valence electrons. The van der Waals surface area contributed by atoms with E-state index in [0.717, 1.165) is 45.0 Å². The van der Waals surface area contributed by atoms with Crippen LogP contribution in [-0.2, 0) is 16.4 Å². The summed E-state index contributed by atoms with van der Waals surface area (Å²) in [6.07, 6.45) is 4.00. The van der Waals surface area contributed by atoms with Gasteiger partial charge in [0.2, 0.25) is 0 Å². The second kappa shape index (κ2) is 10.5. The van der Waals surface area contributed by atoms with Crippen LogP contribution in [0.1, 0.15) is 31.7 Å². The highest BCUT2D eigenvalue weighted by Gasteiger charge is 2.20. The Bertz CT molecular complexity index is 653. The van der Waals surface area contributed by atoms with Gasteiger partial charge in [-0.1, -0.05) is 30.3 Å². The summed E-state index contributed by atoms with van der Waals surface area (Å²) in [5.41, 5.74) is 1.36. The SMILES string of the molecule is CCNC(=NCCCS(C)(=O)=O)NC1CCN(Cc2ccccc2)CC1. The Morgan fingerprint density at radius 1 is 1.23 bits per heavy atom. The van der Waals surface area contributed by atoms with Crippen molar-refractivity contribution in [1.82, 2.24) is 15.5 Å². The fourth-order valence-electron chi connectivity index (χ4n) is 3.11. The molecule has 0 saturated carbocycles. The molecule has 2 rings (SSSR count). The van der Waals surface area contributed by atoms with Crippen molar-refractivity contribution in [2.24, 2.45) is 4.99 Å². The van der Waals surface area contributed by atoms with E-state index in [1.54, 1.807) is 0 Å². The predicted octanol–water partition coefficient (Wildman–Crippen LogP) is 1.64. The van der Waals surface area contributed by atoms with Gasteiger partial charge in [-0.05, 0) is 31.7 Å². The molecule has 1 aliphatic rings. The molecule has 0 unspecified atom stereocenters. The molecule has 1 fully saturated rings. The van der Waals surface area contributed by atoms with Crippen LogP contribution in [0.4, 0.5) is 0 Å². The van der Waals surface area contributed by atoms with Gasteiger partial charge in [0.25, 0.3) is 0 Å². The maximum absolute atomic E-state index is 11.2. The highest BCUT2D eigenvalue weighted by Crippen LogP contribution is 2.13. The quantitative estimate of drug-likeness (QED) is 0.407. The highest BCUT2D eigenvalue weighted by molar-refractivity contribution is 7.90. The van der Waals surface area contributed by atoms with Crippen molar-refractivity contribution >= 4 is 15.8 Å². The summed E-state index contributed by atoms with van der Waals surface area (Å²) in [5, 5.41) is 6.76. The summed E-state index contributed by atoms with van der Waals surface area (Å²) in [4.78, 5) is 7.00. The third kappa shape index (κ3) is 8.19. The molecule has 0 radical (unpaired) electrons. The molecule has 1 heterocycles. The van der Waals surface area contributed by atoms with Crippen LogP contribution in [0.2, 0.25) is 0 Å². The van der Waals surface area contributed by atoms with Crippen LogP contribution < -0.4 is 10.6 Å². The molecule has 6 nitrogen and oxygen atoms in total. The number of nitrogens with one attached hydrogen (secondary N) is 2. The van der Waals surface area contributed by atoms with Crippen molar-refractivity contribution in [2.45, 2.75) is 38.8 Å². The van der Waals surface area contributed by atoms with Crippen molar-refractivity contribution in [1.29, 1.82) is 0 Å². The number of sulfone groups is 1. The third-order valence-corrected chi connectivity index (χ3v) is 5.50. The Morgan fingerprint density at radius 2 is 1.92 bits per heavy atom. The predicted molar refractivity (Wildman–Crippen MR) is 108 cm³/mol. The summed E-state index contributed by atoms with van der Waals surface area (Å²) in [5.74, 6) is 0.982. The number of hydrogen-bond donors (Lipinski definition) is 2. The van der Waals surface area contributed by atoms with E-state index in [2.05, 4.69) is 50.9 Å². The maximum Gasteiger partial charge on any atom is 0.191 e. The number of rotatable bonds is 8. The van der Waals surface area contributed by atoms with Gasteiger partial charge in [0.1, 0.15) is 9.84 Å². The Kier molecular flexibility index (Phi) is 8.38. The van der Waals surface area contributed by atoms with Crippen molar-refractivity contribution in [3.05, 3.63) is 35.9 Å². The lowest BCUT2D eigenvalue weighted by molar-refractivity contribution is 0.198. The molecule has 0 spiro atoms. The molecule has 0 atom stereocenters. The molecule has 0 aliphatic carbocycles. The molecule has 26 heavy (non-hydrogen) atoms. The Balaban J connectivity index is 1.75. The van der Waals surface area contributed by atoms with Gasteiger partial charge < -0.3 is 10.6 Å². The van der Waals surface area contributed by atoms with Crippen molar-refractivity contribution in [2.75, 3.05) is 38.2 Å². The summed E-state index contributed by atoms with van der Waals surface area (Å²) >= 11 is 0. The second-order valence-corrected chi connectivity index (χ2v) is 9.18. The van der Waals surface area contributed by atoms with Crippen LogP contribution in [0.25, 0.3) is 0 Å². The Hall–Kier alpha value is -1.60. The topological polar surface area (TPSA) is 73.8 Å². The van der Waals surface area contributed by atoms with Gasteiger partial charge in [-0.3, -0.25) is 9.89 Å². The van der Waals surface area contributed by atoms with Gasteiger partial charge in [-0.25, -0.2) is 8.42 Å². The second-order valence-electron chi connectivity index (χ2n) is 6.92. The fraction of sp³-hybridized carbons (Fsp3) is 0.632. The number of guanidine groups is 1. The molecular weight excluding hydrogens is 348 g/mol. The van der Waals surface area contributed by atoms with E-state index < -0.39 is 9.84 Å². The zero-order chi connectivity index (χ0) is 18.8. The van der Waals surface area contributed by atoms with E-state index in [0.29, 0.717) is 19.0 Å². The Morgan fingerprint density at radius 3 is 2.54 bits per heavy atom. The van der Waals surface area contributed by atoms with Gasteiger partial charge in [0, 0.05) is 45.0 Å². The van der Waals surface area contributed by atoms with Crippen LogP contribution in [0, 0.1) is 0 Å². The lowest BCUT2D eigenvalue weighted by Gasteiger charge is -2.33. The van der Waals surface area contributed by atoms with E-state index in [1.807, 2.05) is 6.92 Å². The molecule has 1 aromatic rings. The van der Waals surface area contributed by atoms with Crippen molar-refractivity contribution in [3.63, 3.8) is 0 Å². The lowest BCUT2D eigenvalue weighted by Crippen LogP contribution is -2.48. The highest BCUT2D eigenvalue weighted by atomic mass is 32.2. The molecule has 0 aromatic heterocycles. The minimum atomic E-state index is -2.91. The van der Waals surface area contributed by atoms with E-state index in [-0.39, 0.29) is 5.75 Å². The standard InChI is InChI=1S/C19H32N4O2S/c1-3-20-19(21-12-7-15-26(2,24)25)22-18-10-13-23(14-11-18)16-17-8-5-4-6-9-17/h4-6,8-9,18H,3,7,10-16H2,1-2H3,(H2,20,21,22). The monoisotopic (exact) mass is 380 g/mol. The van der Waals surface area contributed by atoms with Crippen LogP contribution >= 0.6 is 0 Å². The molecule has 7 heteroatoms. The van der Waals surface area contributed by atoms with Crippen molar-refractivity contribution in [3.8, 4) is 0 Å². The first-order chi connectivity index (χ1) is 12.5. The smallest absolute Gasteiger partial charge is 0.191 e. The van der Waals surface area contributed by atoms with Gasteiger partial charge >= 0.3 is 0 Å². The average molecular weight is 381 g/mol. The largest absolute Gasteiger partial charge is 0.357 e. The number of aliphatic imine (C=N–C) groups is 1. The lowest BCUT2D eigenvalue weighted by atomic mass is 10.0. The first kappa shape index (κ1) is 20.7. The number of hydrogen-bond acceptors (Lipinski definition) is 4. The average Bonchev–Trinajstić information content (AvgIpc) is 2.60. The van der Waals surface area contributed by atoms with E-state index in [4.69, 9.17) is 0 Å². The maximum atomic E-state index is 11.2. The van der Waals surface area contributed by atoms with Gasteiger partial charge in [0.15, 0.2) is 5.96 Å². The minimum absolute atomic E-state index is 0.188. The zero-order valence-electron chi connectivity index (χ0n) is 15.9. The number of nitrogens with zero attached hydrogens (tertiary/aromatic N) is 2. The minimum Gasteiger partial charge on any atom is -0.357 e. The molecule has 0 amide bonds. The van der Waals surface area contributed by atoms with Crippen molar-refractivity contribution < 1.29 is 8.42 Å². The van der Waals surface area contributed by atoms with Gasteiger partial charge in [0.05, 0.1) is 5.75 Å².